The van der Waals surface area contributed by atoms with Crippen LogP contribution in [0.3, 0.4) is 0 Å². The molecule has 2 aromatic rings. The van der Waals surface area contributed by atoms with Gasteiger partial charge >= 0.3 is 5.97 Å². The molecular weight excluding hydrogens is 284 g/mol. The van der Waals surface area contributed by atoms with E-state index in [1.807, 2.05) is 0 Å². The van der Waals surface area contributed by atoms with Crippen molar-refractivity contribution in [3.8, 4) is 6.07 Å². The second-order valence-electron chi connectivity index (χ2n) is 4.46. The van der Waals surface area contributed by atoms with Crippen LogP contribution in [0.4, 0.5) is 5.69 Å². The zero-order chi connectivity index (χ0) is 16.1. The molecule has 0 saturated heterocycles. The molecule has 6 nitrogen and oxygen atoms in total. The highest BCUT2D eigenvalue weighted by atomic mass is 16.4. The molecule has 0 spiro atoms. The maximum absolute atomic E-state index is 12.0. The number of amides is 1. The lowest BCUT2D eigenvalue weighted by Crippen LogP contribution is -2.13. The van der Waals surface area contributed by atoms with E-state index >= 15 is 0 Å². The SMILES string of the molecule is Cc1ccc(C=C(C#N)C(=O)Nc2cccc(C(=O)O)c2)o1. The Morgan fingerprint density at radius 1 is 1.32 bits per heavy atom. The second kappa shape index (κ2) is 6.41. The minimum Gasteiger partial charge on any atom is -0.478 e. The highest BCUT2D eigenvalue weighted by molar-refractivity contribution is 6.09. The Bertz CT molecular complexity index is 796. The Morgan fingerprint density at radius 3 is 2.68 bits per heavy atom. The van der Waals surface area contributed by atoms with E-state index in [0.717, 1.165) is 0 Å². The molecule has 1 heterocycles. The number of aromatic carboxylic acids is 1. The Labute approximate surface area is 126 Å². The van der Waals surface area contributed by atoms with Crippen LogP contribution >= 0.6 is 0 Å². The van der Waals surface area contributed by atoms with Crippen LogP contribution in [0, 0.1) is 18.3 Å². The van der Waals surface area contributed by atoms with Gasteiger partial charge in [0, 0.05) is 11.8 Å². The van der Waals surface area contributed by atoms with E-state index in [1.165, 1.54) is 30.3 Å². The monoisotopic (exact) mass is 296 g/mol. The Balaban J connectivity index is 2.20. The van der Waals surface area contributed by atoms with E-state index in [0.29, 0.717) is 17.2 Å². The molecule has 1 aromatic carbocycles. The first kappa shape index (κ1) is 15.1. The summed E-state index contributed by atoms with van der Waals surface area (Å²) in [5.74, 6) is -0.682. The second-order valence-corrected chi connectivity index (χ2v) is 4.46. The minimum absolute atomic E-state index is 0.0435. The van der Waals surface area contributed by atoms with Crippen molar-refractivity contribution >= 4 is 23.6 Å². The summed E-state index contributed by atoms with van der Waals surface area (Å²) in [4.78, 5) is 22.9. The van der Waals surface area contributed by atoms with Gasteiger partial charge in [0.05, 0.1) is 5.56 Å². The molecule has 0 aliphatic carbocycles. The molecule has 0 saturated carbocycles. The number of anilines is 1. The molecule has 1 amide bonds. The predicted octanol–water partition coefficient (Wildman–Crippen LogP) is 2.83. The number of carboxylic acid groups (broad SMARTS) is 1. The van der Waals surface area contributed by atoms with E-state index in [2.05, 4.69) is 5.32 Å². The number of carbonyl (C=O) groups is 2. The molecule has 0 bridgehead atoms. The molecule has 0 aliphatic heterocycles. The van der Waals surface area contributed by atoms with Crippen molar-refractivity contribution < 1.29 is 19.1 Å². The number of aryl methyl sites for hydroxylation is 1. The zero-order valence-corrected chi connectivity index (χ0v) is 11.7. The third kappa shape index (κ3) is 3.61. The van der Waals surface area contributed by atoms with Crippen molar-refractivity contribution in [2.24, 2.45) is 0 Å². The maximum atomic E-state index is 12.0. The fourth-order valence-corrected chi connectivity index (χ4v) is 1.75. The summed E-state index contributed by atoms with van der Waals surface area (Å²) in [5, 5.41) is 20.5. The predicted molar refractivity (Wildman–Crippen MR) is 79.1 cm³/mol. The average molecular weight is 296 g/mol. The van der Waals surface area contributed by atoms with Crippen molar-refractivity contribution in [3.05, 3.63) is 59.1 Å². The van der Waals surface area contributed by atoms with Crippen LogP contribution in [0.1, 0.15) is 21.9 Å². The van der Waals surface area contributed by atoms with Crippen LogP contribution < -0.4 is 5.32 Å². The standard InChI is InChI=1S/C16H12N2O4/c1-10-5-6-14(22-10)8-12(9-17)15(19)18-13-4-2-3-11(7-13)16(20)21/h2-8H,1H3,(H,18,19)(H,20,21). The van der Waals surface area contributed by atoms with Crippen molar-refractivity contribution in [1.82, 2.24) is 0 Å². The molecule has 0 atom stereocenters. The number of carboxylic acids is 1. The molecule has 110 valence electrons. The summed E-state index contributed by atoms with van der Waals surface area (Å²) in [6, 6.07) is 10.9. The smallest absolute Gasteiger partial charge is 0.335 e. The lowest BCUT2D eigenvalue weighted by Gasteiger charge is -2.04. The van der Waals surface area contributed by atoms with Crippen LogP contribution in [0.5, 0.6) is 0 Å². The average Bonchev–Trinajstić information content (AvgIpc) is 2.90. The van der Waals surface area contributed by atoms with Crippen LogP contribution in [0.15, 0.2) is 46.4 Å². The number of nitrogens with one attached hydrogen (secondary N) is 1. The van der Waals surface area contributed by atoms with E-state index < -0.39 is 11.9 Å². The van der Waals surface area contributed by atoms with E-state index in [9.17, 15) is 9.59 Å². The number of rotatable bonds is 4. The van der Waals surface area contributed by atoms with E-state index in [4.69, 9.17) is 14.8 Å². The normalized spacial score (nSPS) is 10.8. The van der Waals surface area contributed by atoms with Crippen molar-refractivity contribution in [1.29, 1.82) is 5.26 Å². The largest absolute Gasteiger partial charge is 0.478 e. The molecule has 0 radical (unpaired) electrons. The highest BCUT2D eigenvalue weighted by Crippen LogP contribution is 2.14. The molecule has 6 heteroatoms. The van der Waals surface area contributed by atoms with E-state index in [-0.39, 0.29) is 11.1 Å². The topological polar surface area (TPSA) is 103 Å². The van der Waals surface area contributed by atoms with Crippen molar-refractivity contribution in [3.63, 3.8) is 0 Å². The van der Waals surface area contributed by atoms with Gasteiger partial charge in [-0.05, 0) is 37.3 Å². The number of nitriles is 1. The molecule has 1 aromatic heterocycles. The van der Waals surface area contributed by atoms with Crippen LogP contribution in [-0.4, -0.2) is 17.0 Å². The molecule has 0 aliphatic rings. The summed E-state index contributed by atoms with van der Waals surface area (Å²) in [6.45, 7) is 1.75. The van der Waals surface area contributed by atoms with Gasteiger partial charge in [-0.25, -0.2) is 4.79 Å². The molecular formula is C16H12N2O4. The third-order valence-corrected chi connectivity index (χ3v) is 2.78. The third-order valence-electron chi connectivity index (χ3n) is 2.78. The van der Waals surface area contributed by atoms with Crippen LogP contribution in [0.25, 0.3) is 6.08 Å². The van der Waals surface area contributed by atoms with Crippen LogP contribution in [0.2, 0.25) is 0 Å². The van der Waals surface area contributed by atoms with Gasteiger partial charge in [0.15, 0.2) is 0 Å². The first-order chi connectivity index (χ1) is 10.5. The quantitative estimate of drug-likeness (QED) is 0.667. The van der Waals surface area contributed by atoms with Gasteiger partial charge in [-0.1, -0.05) is 6.07 Å². The lowest BCUT2D eigenvalue weighted by molar-refractivity contribution is -0.112. The number of nitrogens with zero attached hydrogens (tertiary/aromatic N) is 1. The summed E-state index contributed by atoms with van der Waals surface area (Å²) in [7, 11) is 0. The summed E-state index contributed by atoms with van der Waals surface area (Å²) in [6.07, 6.45) is 1.32. The molecule has 22 heavy (non-hydrogen) atoms. The summed E-state index contributed by atoms with van der Waals surface area (Å²) >= 11 is 0. The molecule has 0 unspecified atom stereocenters. The number of furan rings is 1. The number of hydrogen-bond acceptors (Lipinski definition) is 4. The molecule has 2 N–H and O–H groups in total. The van der Waals surface area contributed by atoms with Crippen molar-refractivity contribution in [2.45, 2.75) is 6.92 Å². The molecule has 2 rings (SSSR count). The first-order valence-corrected chi connectivity index (χ1v) is 6.32. The van der Waals surface area contributed by atoms with Gasteiger partial charge < -0.3 is 14.8 Å². The maximum Gasteiger partial charge on any atom is 0.335 e. The number of benzene rings is 1. The fourth-order valence-electron chi connectivity index (χ4n) is 1.75. The molecule has 0 fully saturated rings. The Kier molecular flexibility index (Phi) is 4.39. The van der Waals surface area contributed by atoms with Gasteiger partial charge in [0.25, 0.3) is 5.91 Å². The van der Waals surface area contributed by atoms with Gasteiger partial charge in [0.1, 0.15) is 23.2 Å². The van der Waals surface area contributed by atoms with Gasteiger partial charge in [-0.3, -0.25) is 4.79 Å². The van der Waals surface area contributed by atoms with Gasteiger partial charge in [0.2, 0.25) is 0 Å². The highest BCUT2D eigenvalue weighted by Gasteiger charge is 2.12. The summed E-state index contributed by atoms with van der Waals surface area (Å²) in [5.41, 5.74) is 0.193. The minimum atomic E-state index is -1.10. The van der Waals surface area contributed by atoms with Gasteiger partial charge in [-0.2, -0.15) is 5.26 Å². The Hall–Kier alpha value is -3.33. The number of carbonyl (C=O) groups excluding carboxylic acids is 1. The van der Waals surface area contributed by atoms with Gasteiger partial charge in [-0.15, -0.1) is 0 Å². The Morgan fingerprint density at radius 2 is 2.09 bits per heavy atom. The first-order valence-electron chi connectivity index (χ1n) is 6.32. The van der Waals surface area contributed by atoms with E-state index in [1.54, 1.807) is 25.1 Å². The fraction of sp³-hybridized carbons (Fsp3) is 0.0625. The summed E-state index contributed by atoms with van der Waals surface area (Å²) < 4.78 is 5.28. The van der Waals surface area contributed by atoms with Crippen molar-refractivity contribution in [2.75, 3.05) is 5.32 Å². The number of hydrogen-bond donors (Lipinski definition) is 2. The zero-order valence-electron chi connectivity index (χ0n) is 11.7. The lowest BCUT2D eigenvalue weighted by atomic mass is 10.2. The van der Waals surface area contributed by atoms with Crippen LogP contribution in [-0.2, 0) is 4.79 Å².